The molecule has 0 saturated carbocycles. The number of hydrogen-bond donors (Lipinski definition) is 2. The molecule has 170 valence electrons. The van der Waals surface area contributed by atoms with Crippen LogP contribution in [0.25, 0.3) is 55.2 Å². The van der Waals surface area contributed by atoms with Gasteiger partial charge in [-0.3, -0.25) is 0 Å². The zero-order valence-electron chi connectivity index (χ0n) is 17.8. The smallest absolute Gasteiger partial charge is 0.344 e. The van der Waals surface area contributed by atoms with Crippen LogP contribution in [0.2, 0.25) is 0 Å². The van der Waals surface area contributed by atoms with Crippen molar-refractivity contribution in [3.8, 4) is 33.8 Å². The Balaban J connectivity index is 1.64. The van der Waals surface area contributed by atoms with Crippen LogP contribution in [0.3, 0.4) is 0 Å². The molecule has 2 N–H and O–H groups in total. The van der Waals surface area contributed by atoms with E-state index >= 15 is 0 Å². The fourth-order valence-corrected chi connectivity index (χ4v) is 4.21. The average molecular weight is 466 g/mol. The van der Waals surface area contributed by atoms with Crippen LogP contribution in [-0.4, -0.2) is 10.2 Å². The minimum Gasteiger partial charge on any atom is -0.507 e. The Morgan fingerprint density at radius 1 is 0.543 bits per heavy atom. The molecule has 0 atom stereocenters. The minimum absolute atomic E-state index is 0.000346. The van der Waals surface area contributed by atoms with E-state index in [4.69, 9.17) is 13.3 Å². The molecule has 0 spiro atoms. The minimum atomic E-state index is -0.719. The Labute approximate surface area is 194 Å². The maximum absolute atomic E-state index is 13.1. The SMILES string of the molecule is O=c1ccc2ccc(-c3cc4ccc(O)c(-c5c(O)ccc6ccc(=O)oc56)c4oc3=O)cc2o1. The van der Waals surface area contributed by atoms with Gasteiger partial charge in [-0.2, -0.15) is 0 Å². The highest BCUT2D eigenvalue weighted by atomic mass is 16.4. The summed E-state index contributed by atoms with van der Waals surface area (Å²) in [7, 11) is 0. The Kier molecular flexibility index (Phi) is 4.37. The van der Waals surface area contributed by atoms with Crippen LogP contribution < -0.4 is 16.9 Å². The van der Waals surface area contributed by atoms with Gasteiger partial charge >= 0.3 is 16.9 Å². The lowest BCUT2D eigenvalue weighted by Crippen LogP contribution is -2.04. The van der Waals surface area contributed by atoms with E-state index in [2.05, 4.69) is 0 Å². The Morgan fingerprint density at radius 2 is 1.11 bits per heavy atom. The van der Waals surface area contributed by atoms with Gasteiger partial charge < -0.3 is 23.5 Å². The van der Waals surface area contributed by atoms with Gasteiger partial charge in [-0.1, -0.05) is 12.1 Å². The van der Waals surface area contributed by atoms with Crippen LogP contribution in [0.4, 0.5) is 0 Å². The van der Waals surface area contributed by atoms with Crippen molar-refractivity contribution in [1.82, 2.24) is 0 Å². The zero-order valence-corrected chi connectivity index (χ0v) is 17.8. The highest BCUT2D eigenvalue weighted by Gasteiger charge is 2.22. The molecule has 3 aromatic heterocycles. The molecule has 8 heteroatoms. The maximum atomic E-state index is 13.1. The quantitative estimate of drug-likeness (QED) is 0.350. The second-order valence-electron chi connectivity index (χ2n) is 7.97. The fraction of sp³-hybridized carbons (Fsp3) is 0. The molecule has 3 aromatic carbocycles. The van der Waals surface area contributed by atoms with Crippen LogP contribution in [0.5, 0.6) is 11.5 Å². The summed E-state index contributed by atoms with van der Waals surface area (Å²) in [6, 6.07) is 18.2. The lowest BCUT2D eigenvalue weighted by Gasteiger charge is -2.12. The van der Waals surface area contributed by atoms with E-state index in [0.29, 0.717) is 27.3 Å². The van der Waals surface area contributed by atoms with Crippen LogP contribution >= 0.6 is 0 Å². The van der Waals surface area contributed by atoms with E-state index in [1.54, 1.807) is 42.5 Å². The number of fused-ring (bicyclic) bond motifs is 3. The highest BCUT2D eigenvalue weighted by Crippen LogP contribution is 2.44. The normalized spacial score (nSPS) is 11.4. The van der Waals surface area contributed by atoms with Crippen molar-refractivity contribution in [2.45, 2.75) is 0 Å². The molecule has 6 rings (SSSR count). The van der Waals surface area contributed by atoms with Gasteiger partial charge in [0.1, 0.15) is 28.2 Å². The molecule has 35 heavy (non-hydrogen) atoms. The molecule has 0 amide bonds. The number of phenols is 2. The third-order valence-corrected chi connectivity index (χ3v) is 5.83. The molecule has 8 nitrogen and oxygen atoms in total. The molecular formula is C27H14O8. The Bertz CT molecular complexity index is 1990. The van der Waals surface area contributed by atoms with Crippen LogP contribution in [0.1, 0.15) is 0 Å². The number of benzene rings is 3. The molecule has 0 unspecified atom stereocenters. The van der Waals surface area contributed by atoms with Gasteiger partial charge in [0.2, 0.25) is 0 Å². The highest BCUT2D eigenvalue weighted by molar-refractivity contribution is 6.06. The fourth-order valence-electron chi connectivity index (χ4n) is 4.21. The van der Waals surface area contributed by atoms with Crippen LogP contribution in [0, 0.1) is 0 Å². The molecule has 0 fully saturated rings. The third kappa shape index (κ3) is 3.27. The standard InChI is InChI=1S/C27H14O8/c28-18-7-3-14-6-10-22(31)34-25(14)23(18)24-19(29)8-4-16-11-17(27(32)35-26(16)24)15-2-1-13-5-9-21(30)33-20(13)12-15/h1-12,28-29H. The second-order valence-corrected chi connectivity index (χ2v) is 7.97. The molecule has 6 aromatic rings. The number of phenolic OH excluding ortho intramolecular Hbond substituents is 2. The predicted octanol–water partition coefficient (Wildman–Crippen LogP) is 4.75. The molecule has 3 heterocycles. The van der Waals surface area contributed by atoms with E-state index in [1.807, 2.05) is 0 Å². The van der Waals surface area contributed by atoms with Gasteiger partial charge in [0.05, 0.1) is 16.7 Å². The first-order chi connectivity index (χ1) is 16.9. The first-order valence-corrected chi connectivity index (χ1v) is 10.5. The van der Waals surface area contributed by atoms with E-state index in [-0.39, 0.29) is 39.4 Å². The van der Waals surface area contributed by atoms with Gasteiger partial charge in [0, 0.05) is 28.3 Å². The van der Waals surface area contributed by atoms with E-state index in [1.165, 1.54) is 30.3 Å². The molecular weight excluding hydrogens is 452 g/mol. The lowest BCUT2D eigenvalue weighted by molar-refractivity contribution is 0.466. The topological polar surface area (TPSA) is 131 Å². The second kappa shape index (κ2) is 7.46. The summed E-state index contributed by atoms with van der Waals surface area (Å²) in [4.78, 5) is 36.5. The van der Waals surface area contributed by atoms with Crippen molar-refractivity contribution < 1.29 is 23.5 Å². The van der Waals surface area contributed by atoms with Crippen molar-refractivity contribution in [3.05, 3.63) is 104 Å². The molecule has 0 aliphatic carbocycles. The van der Waals surface area contributed by atoms with Crippen molar-refractivity contribution in [1.29, 1.82) is 0 Å². The van der Waals surface area contributed by atoms with E-state index < -0.39 is 16.9 Å². The summed E-state index contributed by atoms with van der Waals surface area (Å²) in [5, 5.41) is 23.0. The third-order valence-electron chi connectivity index (χ3n) is 5.83. The maximum Gasteiger partial charge on any atom is 0.344 e. The number of hydrogen-bond acceptors (Lipinski definition) is 8. The average Bonchev–Trinajstić information content (AvgIpc) is 2.84. The predicted molar refractivity (Wildman–Crippen MR) is 129 cm³/mol. The van der Waals surface area contributed by atoms with Crippen LogP contribution in [0.15, 0.2) is 100 Å². The van der Waals surface area contributed by atoms with Gasteiger partial charge in [0.15, 0.2) is 0 Å². The van der Waals surface area contributed by atoms with E-state index in [9.17, 15) is 24.6 Å². The van der Waals surface area contributed by atoms with E-state index in [0.717, 1.165) is 0 Å². The zero-order chi connectivity index (χ0) is 24.3. The summed E-state index contributed by atoms with van der Waals surface area (Å²) >= 11 is 0. The molecule has 0 aliphatic rings. The molecule has 0 saturated heterocycles. The monoisotopic (exact) mass is 466 g/mol. The van der Waals surface area contributed by atoms with Crippen LogP contribution in [-0.2, 0) is 0 Å². The van der Waals surface area contributed by atoms with Crippen molar-refractivity contribution >= 4 is 32.9 Å². The summed E-state index contributed by atoms with van der Waals surface area (Å²) in [5.41, 5.74) is -0.818. The largest absolute Gasteiger partial charge is 0.507 e. The summed E-state index contributed by atoms with van der Waals surface area (Å²) in [5.74, 6) is -0.555. The number of rotatable bonds is 2. The number of aromatic hydroxyl groups is 2. The first kappa shape index (κ1) is 20.5. The first-order valence-electron chi connectivity index (χ1n) is 10.5. The summed E-state index contributed by atoms with van der Waals surface area (Å²) in [6.07, 6.45) is 0. The van der Waals surface area contributed by atoms with Crippen molar-refractivity contribution in [2.24, 2.45) is 0 Å². The summed E-state index contributed by atoms with van der Waals surface area (Å²) < 4.78 is 16.2. The Morgan fingerprint density at radius 3 is 1.86 bits per heavy atom. The van der Waals surface area contributed by atoms with Gasteiger partial charge in [-0.05, 0) is 54.1 Å². The van der Waals surface area contributed by atoms with Gasteiger partial charge in [0.25, 0.3) is 0 Å². The van der Waals surface area contributed by atoms with Crippen molar-refractivity contribution in [2.75, 3.05) is 0 Å². The van der Waals surface area contributed by atoms with Gasteiger partial charge in [-0.25, -0.2) is 14.4 Å². The van der Waals surface area contributed by atoms with Gasteiger partial charge in [-0.15, -0.1) is 0 Å². The van der Waals surface area contributed by atoms with Crippen molar-refractivity contribution in [3.63, 3.8) is 0 Å². The summed E-state index contributed by atoms with van der Waals surface area (Å²) in [6.45, 7) is 0. The molecule has 0 aliphatic heterocycles. The molecule has 0 bridgehead atoms. The molecule has 0 radical (unpaired) electrons. The lowest BCUT2D eigenvalue weighted by atomic mass is 9.97. The Hall–Kier alpha value is -5.11.